The molecule has 0 radical (unpaired) electrons. The Hall–Kier alpha value is -0.0400. The monoisotopic (exact) mass is 145 g/mol. The smallest absolute Gasteiger partial charge is 0.133 e. The van der Waals surface area contributed by atoms with Gasteiger partial charge in [0.1, 0.15) is 5.00 Å². The highest BCUT2D eigenvalue weighted by Gasteiger charge is 2.23. The van der Waals surface area contributed by atoms with Crippen molar-refractivity contribution in [3.8, 4) is 0 Å². The van der Waals surface area contributed by atoms with Crippen molar-refractivity contribution >= 4 is 17.8 Å². The van der Waals surface area contributed by atoms with Crippen LogP contribution >= 0.6 is 11.6 Å². The molecule has 0 fully saturated rings. The van der Waals surface area contributed by atoms with E-state index < -0.39 is 0 Å². The van der Waals surface area contributed by atoms with Gasteiger partial charge in [0, 0.05) is 6.21 Å². The quantitative estimate of drug-likeness (QED) is 0.397. The summed E-state index contributed by atoms with van der Waals surface area (Å²) in [5.74, 6) is 0. The molecule has 1 nitrogen and oxygen atoms in total. The van der Waals surface area contributed by atoms with Crippen LogP contribution in [0.2, 0.25) is 0 Å². The lowest BCUT2D eigenvalue weighted by atomic mass is 10.0. The highest BCUT2D eigenvalue weighted by atomic mass is 35.5. The maximum Gasteiger partial charge on any atom is 0.133 e. The molecule has 0 N–H and O–H groups in total. The minimum Gasteiger partial charge on any atom is -0.275 e. The molecule has 52 valence electrons. The van der Waals surface area contributed by atoms with Gasteiger partial charge in [-0.05, 0) is 25.7 Å². The van der Waals surface area contributed by atoms with Gasteiger partial charge in [-0.25, -0.2) is 0 Å². The number of nitrogens with zero attached hydrogens (tertiary/aromatic N) is 1. The molecule has 0 saturated heterocycles. The van der Waals surface area contributed by atoms with E-state index in [9.17, 15) is 0 Å². The number of halogens is 1. The van der Waals surface area contributed by atoms with Gasteiger partial charge in [0.05, 0.1) is 0 Å². The molecular formula is C7H12ClN. The molecule has 0 amide bonds. The lowest BCUT2D eigenvalue weighted by Crippen LogP contribution is -2.20. The summed E-state index contributed by atoms with van der Waals surface area (Å²) >= 11 is 6.06. The van der Waals surface area contributed by atoms with E-state index in [4.69, 9.17) is 11.6 Å². The Morgan fingerprint density at radius 2 is 2.56 bits per heavy atom. The second-order valence-corrected chi connectivity index (χ2v) is 3.18. The third kappa shape index (κ3) is 1.68. The lowest BCUT2D eigenvalue weighted by Gasteiger charge is -2.23. The average Bonchev–Trinajstić information content (AvgIpc) is 1.90. The topological polar surface area (TPSA) is 12.4 Å². The van der Waals surface area contributed by atoms with Crippen LogP contribution < -0.4 is 0 Å². The van der Waals surface area contributed by atoms with Gasteiger partial charge in [-0.1, -0.05) is 18.5 Å². The summed E-state index contributed by atoms with van der Waals surface area (Å²) in [5.41, 5.74) is 0. The van der Waals surface area contributed by atoms with Gasteiger partial charge in [-0.15, -0.1) is 0 Å². The van der Waals surface area contributed by atoms with Crippen LogP contribution in [0.3, 0.4) is 0 Å². The maximum atomic E-state index is 6.06. The first-order valence-corrected chi connectivity index (χ1v) is 3.87. The predicted molar refractivity (Wildman–Crippen MR) is 41.2 cm³/mol. The third-order valence-corrected chi connectivity index (χ3v) is 2.31. The second kappa shape index (κ2) is 2.70. The number of hydrogen-bond acceptors (Lipinski definition) is 1. The highest BCUT2D eigenvalue weighted by molar-refractivity contribution is 6.24. The maximum absolute atomic E-state index is 6.06. The van der Waals surface area contributed by atoms with Crippen LogP contribution in [0, 0.1) is 0 Å². The van der Waals surface area contributed by atoms with Crippen molar-refractivity contribution in [2.75, 3.05) is 0 Å². The molecule has 1 heterocycles. The molecule has 9 heavy (non-hydrogen) atoms. The summed E-state index contributed by atoms with van der Waals surface area (Å²) in [6.07, 6.45) is 6.24. The van der Waals surface area contributed by atoms with E-state index >= 15 is 0 Å². The van der Waals surface area contributed by atoms with E-state index in [1.54, 1.807) is 0 Å². The number of rotatable bonds is 1. The third-order valence-electron chi connectivity index (χ3n) is 1.76. The molecule has 0 bridgehead atoms. The van der Waals surface area contributed by atoms with E-state index in [1.807, 2.05) is 6.21 Å². The molecule has 1 atom stereocenters. The average molecular weight is 146 g/mol. The molecule has 1 unspecified atom stereocenters. The van der Waals surface area contributed by atoms with Crippen molar-refractivity contribution < 1.29 is 0 Å². The molecule has 1 aliphatic heterocycles. The molecule has 0 aliphatic carbocycles. The fourth-order valence-corrected chi connectivity index (χ4v) is 1.23. The summed E-state index contributed by atoms with van der Waals surface area (Å²) in [4.78, 5) is 3.98. The van der Waals surface area contributed by atoms with Crippen molar-refractivity contribution in [1.29, 1.82) is 0 Å². The SMILES string of the molecule is CCC1(Cl)CCCC=N1. The highest BCUT2D eigenvalue weighted by Crippen LogP contribution is 2.30. The standard InChI is InChI=1S/C7H12ClN/c1-2-7(8)5-3-4-6-9-7/h6H,2-5H2,1H3. The lowest BCUT2D eigenvalue weighted by molar-refractivity contribution is 0.503. The van der Waals surface area contributed by atoms with Crippen LogP contribution in [0.4, 0.5) is 0 Å². The first kappa shape index (κ1) is 7.07. The summed E-state index contributed by atoms with van der Waals surface area (Å²) in [7, 11) is 0. The van der Waals surface area contributed by atoms with Crippen LogP contribution in [-0.4, -0.2) is 11.2 Å². The van der Waals surface area contributed by atoms with Gasteiger partial charge in [0.15, 0.2) is 0 Å². The van der Waals surface area contributed by atoms with Crippen LogP contribution in [-0.2, 0) is 0 Å². The number of aliphatic imine (C=N–C) groups is 1. The summed E-state index contributed by atoms with van der Waals surface area (Å²) in [5, 5.41) is 0. The zero-order valence-electron chi connectivity index (χ0n) is 5.73. The van der Waals surface area contributed by atoms with E-state index in [1.165, 1.54) is 6.42 Å². The molecule has 0 spiro atoms. The van der Waals surface area contributed by atoms with E-state index in [-0.39, 0.29) is 5.00 Å². The van der Waals surface area contributed by atoms with Gasteiger partial charge >= 0.3 is 0 Å². The first-order valence-electron chi connectivity index (χ1n) is 3.49. The molecule has 0 aromatic rings. The Morgan fingerprint density at radius 1 is 1.78 bits per heavy atom. The fraction of sp³-hybridized carbons (Fsp3) is 0.857. The van der Waals surface area contributed by atoms with Crippen molar-refractivity contribution in [2.24, 2.45) is 4.99 Å². The largest absolute Gasteiger partial charge is 0.275 e. The number of hydrogen-bond donors (Lipinski definition) is 0. The van der Waals surface area contributed by atoms with E-state index in [2.05, 4.69) is 11.9 Å². The van der Waals surface area contributed by atoms with Crippen LogP contribution in [0.1, 0.15) is 32.6 Å². The minimum atomic E-state index is -0.238. The normalized spacial score (nSPS) is 34.9. The van der Waals surface area contributed by atoms with Gasteiger partial charge in [-0.3, -0.25) is 4.99 Å². The second-order valence-electron chi connectivity index (χ2n) is 2.48. The fourth-order valence-electron chi connectivity index (χ4n) is 1.02. The van der Waals surface area contributed by atoms with Crippen LogP contribution in [0.15, 0.2) is 4.99 Å². The molecule has 2 heteroatoms. The van der Waals surface area contributed by atoms with Gasteiger partial charge in [0.2, 0.25) is 0 Å². The van der Waals surface area contributed by atoms with E-state index in [0.29, 0.717) is 0 Å². The summed E-state index contributed by atoms with van der Waals surface area (Å²) in [6, 6.07) is 0. The Bertz CT molecular complexity index is 122. The van der Waals surface area contributed by atoms with Crippen molar-refractivity contribution in [2.45, 2.75) is 37.6 Å². The molecule has 1 rings (SSSR count). The minimum absolute atomic E-state index is 0.238. The predicted octanol–water partition coefficient (Wildman–Crippen LogP) is 2.59. The Balaban J connectivity index is 2.56. The summed E-state index contributed by atoms with van der Waals surface area (Å²) in [6.45, 7) is 2.08. The zero-order chi connectivity index (χ0) is 6.74. The van der Waals surface area contributed by atoms with Crippen molar-refractivity contribution in [1.82, 2.24) is 0 Å². The van der Waals surface area contributed by atoms with Gasteiger partial charge in [-0.2, -0.15) is 0 Å². The molecule has 0 aromatic heterocycles. The van der Waals surface area contributed by atoms with Gasteiger partial charge < -0.3 is 0 Å². The Morgan fingerprint density at radius 3 is 2.89 bits per heavy atom. The van der Waals surface area contributed by atoms with Gasteiger partial charge in [0.25, 0.3) is 0 Å². The van der Waals surface area contributed by atoms with Crippen molar-refractivity contribution in [3.63, 3.8) is 0 Å². The summed E-state index contributed by atoms with van der Waals surface area (Å²) < 4.78 is 0. The Labute approximate surface area is 61.1 Å². The molecule has 1 aliphatic rings. The van der Waals surface area contributed by atoms with Crippen LogP contribution in [0.5, 0.6) is 0 Å². The van der Waals surface area contributed by atoms with Crippen molar-refractivity contribution in [3.05, 3.63) is 0 Å². The molecular weight excluding hydrogens is 134 g/mol. The molecule has 0 saturated carbocycles. The molecule has 0 aromatic carbocycles. The zero-order valence-corrected chi connectivity index (χ0v) is 6.49. The van der Waals surface area contributed by atoms with E-state index in [0.717, 1.165) is 19.3 Å². The Kier molecular flexibility index (Phi) is 2.12. The first-order chi connectivity index (χ1) is 4.27. The number of alkyl halides is 1. The van der Waals surface area contributed by atoms with Crippen LogP contribution in [0.25, 0.3) is 0 Å².